The lowest BCUT2D eigenvalue weighted by molar-refractivity contribution is -0.132. The van der Waals surface area contributed by atoms with E-state index < -0.39 is 11.6 Å². The predicted molar refractivity (Wildman–Crippen MR) is 120 cm³/mol. The maximum absolute atomic E-state index is 14.2. The first-order valence-electron chi connectivity index (χ1n) is 9.92. The molecule has 0 bridgehead atoms. The molecule has 2 aromatic carbocycles. The molecule has 6 nitrogen and oxygen atoms in total. The molecule has 2 atom stereocenters. The van der Waals surface area contributed by atoms with Crippen molar-refractivity contribution in [1.82, 2.24) is 9.80 Å². The van der Waals surface area contributed by atoms with Gasteiger partial charge in [-0.2, -0.15) is 0 Å². The Morgan fingerprint density at radius 1 is 0.812 bits per heavy atom. The molecule has 0 aliphatic carbocycles. The second kappa shape index (κ2) is 9.58. The van der Waals surface area contributed by atoms with Gasteiger partial charge in [-0.1, -0.05) is 12.1 Å². The van der Waals surface area contributed by atoms with Crippen LogP contribution in [0.2, 0.25) is 0 Å². The van der Waals surface area contributed by atoms with Crippen LogP contribution < -0.4 is 9.47 Å². The Morgan fingerprint density at radius 2 is 1.22 bits per heavy atom. The van der Waals surface area contributed by atoms with Crippen molar-refractivity contribution in [3.63, 3.8) is 0 Å². The lowest BCUT2D eigenvalue weighted by Gasteiger charge is -2.29. The van der Waals surface area contributed by atoms with Crippen LogP contribution >= 0.6 is 23.5 Å². The molecule has 0 saturated carbocycles. The summed E-state index contributed by atoms with van der Waals surface area (Å²) in [5.74, 6) is -0.254. The van der Waals surface area contributed by atoms with E-state index in [4.69, 9.17) is 9.47 Å². The second-order valence-electron chi connectivity index (χ2n) is 7.29. The number of benzene rings is 2. The summed E-state index contributed by atoms with van der Waals surface area (Å²) in [6.45, 7) is 0.594. The van der Waals surface area contributed by atoms with Gasteiger partial charge in [-0.05, 0) is 35.4 Å². The number of hydrogen-bond acceptors (Lipinski definition) is 6. The quantitative estimate of drug-likeness (QED) is 0.601. The summed E-state index contributed by atoms with van der Waals surface area (Å²) in [5, 5.41) is -0.685. The minimum Gasteiger partial charge on any atom is -0.494 e. The van der Waals surface area contributed by atoms with Crippen molar-refractivity contribution in [3.05, 3.63) is 59.2 Å². The number of ether oxygens (including phenoxy) is 2. The lowest BCUT2D eigenvalue weighted by atomic mass is 10.1. The third-order valence-corrected chi connectivity index (χ3v) is 7.95. The van der Waals surface area contributed by atoms with E-state index >= 15 is 0 Å². The van der Waals surface area contributed by atoms with Crippen LogP contribution in [-0.4, -0.2) is 60.4 Å². The van der Waals surface area contributed by atoms with Crippen LogP contribution in [0.5, 0.6) is 11.5 Å². The molecule has 0 aromatic heterocycles. The third-order valence-electron chi connectivity index (χ3n) is 5.44. The van der Waals surface area contributed by atoms with E-state index in [-0.39, 0.29) is 45.6 Å². The minimum atomic E-state index is -0.488. The van der Waals surface area contributed by atoms with E-state index in [1.165, 1.54) is 49.9 Å². The van der Waals surface area contributed by atoms with E-state index in [0.29, 0.717) is 24.2 Å². The monoisotopic (exact) mass is 480 g/mol. The molecular formula is C22H22F2N2O4S2. The van der Waals surface area contributed by atoms with Crippen LogP contribution in [0.4, 0.5) is 8.78 Å². The summed E-state index contributed by atoms with van der Waals surface area (Å²) in [5.41, 5.74) is 1.32. The SMILES string of the molecule is COc1ccc([C@H]2SCC(=O)N2CCN2C(=O)CS[C@H]2c2ccc(OC)c(F)c2)cc1F. The van der Waals surface area contributed by atoms with Gasteiger partial charge < -0.3 is 19.3 Å². The highest BCUT2D eigenvalue weighted by Crippen LogP contribution is 2.42. The van der Waals surface area contributed by atoms with E-state index in [1.54, 1.807) is 34.1 Å². The summed E-state index contributed by atoms with van der Waals surface area (Å²) in [4.78, 5) is 28.4. The molecule has 2 saturated heterocycles. The molecule has 2 aliphatic heterocycles. The first-order valence-corrected chi connectivity index (χ1v) is 12.0. The number of halogens is 2. The molecular weight excluding hydrogens is 458 g/mol. The van der Waals surface area contributed by atoms with Crippen molar-refractivity contribution in [3.8, 4) is 11.5 Å². The molecule has 0 unspecified atom stereocenters. The molecule has 2 amide bonds. The molecule has 2 heterocycles. The van der Waals surface area contributed by atoms with Crippen LogP contribution in [0.3, 0.4) is 0 Å². The van der Waals surface area contributed by atoms with Crippen LogP contribution in [0.1, 0.15) is 21.9 Å². The normalized spacial score (nSPS) is 20.9. The highest BCUT2D eigenvalue weighted by Gasteiger charge is 2.37. The predicted octanol–water partition coefficient (Wildman–Crippen LogP) is 3.83. The number of methoxy groups -OCH3 is 2. The molecule has 10 heteroatoms. The van der Waals surface area contributed by atoms with Gasteiger partial charge in [0, 0.05) is 13.1 Å². The van der Waals surface area contributed by atoms with Crippen molar-refractivity contribution in [2.24, 2.45) is 0 Å². The number of carbonyl (C=O) groups excluding carboxylic acids is 2. The van der Waals surface area contributed by atoms with Crippen molar-refractivity contribution in [1.29, 1.82) is 0 Å². The maximum Gasteiger partial charge on any atom is 0.233 e. The number of hydrogen-bond donors (Lipinski definition) is 0. The number of carbonyl (C=O) groups is 2. The topological polar surface area (TPSA) is 59.1 Å². The number of rotatable bonds is 7. The molecule has 2 fully saturated rings. The zero-order chi connectivity index (χ0) is 22.8. The summed E-state index contributed by atoms with van der Waals surface area (Å²) in [7, 11) is 2.79. The fourth-order valence-electron chi connectivity index (χ4n) is 3.83. The van der Waals surface area contributed by atoms with E-state index in [0.717, 1.165) is 0 Å². The Morgan fingerprint density at radius 3 is 1.56 bits per heavy atom. The van der Waals surface area contributed by atoms with Gasteiger partial charge in [0.25, 0.3) is 0 Å². The van der Waals surface area contributed by atoms with Crippen LogP contribution in [0.25, 0.3) is 0 Å². The zero-order valence-corrected chi connectivity index (χ0v) is 19.2. The maximum atomic E-state index is 14.2. The van der Waals surface area contributed by atoms with Gasteiger partial charge in [0.2, 0.25) is 11.8 Å². The molecule has 2 aromatic rings. The van der Waals surface area contributed by atoms with E-state index in [2.05, 4.69) is 0 Å². The molecule has 170 valence electrons. The highest BCUT2D eigenvalue weighted by atomic mass is 32.2. The first-order chi connectivity index (χ1) is 15.4. The molecule has 0 spiro atoms. The largest absolute Gasteiger partial charge is 0.494 e. The van der Waals surface area contributed by atoms with Gasteiger partial charge in [-0.3, -0.25) is 9.59 Å². The zero-order valence-electron chi connectivity index (χ0n) is 17.5. The Labute approximate surface area is 193 Å². The number of thioether (sulfide) groups is 2. The molecule has 0 radical (unpaired) electrons. The fourth-order valence-corrected chi connectivity index (χ4v) is 6.25. The minimum absolute atomic E-state index is 0.0671. The average Bonchev–Trinajstić information content (AvgIpc) is 3.34. The Hall–Kier alpha value is -2.46. The van der Waals surface area contributed by atoms with E-state index in [9.17, 15) is 18.4 Å². The second-order valence-corrected chi connectivity index (χ2v) is 9.43. The summed E-state index contributed by atoms with van der Waals surface area (Å²) in [6.07, 6.45) is 0. The van der Waals surface area contributed by atoms with Crippen LogP contribution in [-0.2, 0) is 9.59 Å². The van der Waals surface area contributed by atoms with Gasteiger partial charge in [0.1, 0.15) is 10.7 Å². The third kappa shape index (κ3) is 4.38. The van der Waals surface area contributed by atoms with Crippen molar-refractivity contribution in [2.75, 3.05) is 38.8 Å². The smallest absolute Gasteiger partial charge is 0.233 e. The summed E-state index contributed by atoms with van der Waals surface area (Å²) in [6, 6.07) is 9.32. The molecule has 4 rings (SSSR count). The van der Waals surface area contributed by atoms with Crippen molar-refractivity contribution < 1.29 is 27.8 Å². The first kappa shape index (κ1) is 22.7. The highest BCUT2D eigenvalue weighted by molar-refractivity contribution is 8.00. The van der Waals surface area contributed by atoms with Crippen molar-refractivity contribution in [2.45, 2.75) is 10.7 Å². The van der Waals surface area contributed by atoms with Crippen LogP contribution in [0.15, 0.2) is 36.4 Å². The Kier molecular flexibility index (Phi) is 6.80. The van der Waals surface area contributed by atoms with Gasteiger partial charge in [-0.15, -0.1) is 23.5 Å². The standard InChI is InChI=1S/C22H22F2N2O4S2/c1-29-17-5-3-13(9-15(17)23)21-25(19(27)11-31-21)7-8-26-20(28)12-32-22(26)14-4-6-18(30-2)16(24)10-14/h3-6,9-10,21-22H,7-8,11-12H2,1-2H3/t21-,22+. The Bertz CT molecular complexity index is 957. The summed E-state index contributed by atoms with van der Waals surface area (Å²) < 4.78 is 38.3. The summed E-state index contributed by atoms with van der Waals surface area (Å²) >= 11 is 2.83. The van der Waals surface area contributed by atoms with Crippen LogP contribution in [0, 0.1) is 11.6 Å². The number of amides is 2. The van der Waals surface area contributed by atoms with Gasteiger partial charge >= 0.3 is 0 Å². The van der Waals surface area contributed by atoms with Gasteiger partial charge in [-0.25, -0.2) is 8.78 Å². The van der Waals surface area contributed by atoms with Gasteiger partial charge in [0.15, 0.2) is 23.1 Å². The van der Waals surface area contributed by atoms with Gasteiger partial charge in [0.05, 0.1) is 25.7 Å². The number of nitrogens with zero attached hydrogens (tertiary/aromatic N) is 2. The average molecular weight is 481 g/mol. The fraction of sp³-hybridized carbons (Fsp3) is 0.364. The Balaban J connectivity index is 1.50. The molecule has 0 N–H and O–H groups in total. The molecule has 2 aliphatic rings. The van der Waals surface area contributed by atoms with E-state index in [1.807, 2.05) is 0 Å². The lowest BCUT2D eigenvalue weighted by Crippen LogP contribution is -2.39. The molecule has 32 heavy (non-hydrogen) atoms. The van der Waals surface area contributed by atoms with Crippen molar-refractivity contribution >= 4 is 35.3 Å².